The van der Waals surface area contributed by atoms with E-state index >= 15 is 0 Å². The number of likely N-dealkylation sites (N-methyl/N-ethyl adjacent to an activating group) is 1. The van der Waals surface area contributed by atoms with Crippen LogP contribution in [0.5, 0.6) is 0 Å². The Kier molecular flexibility index (Phi) is 4.86. The van der Waals surface area contributed by atoms with Gasteiger partial charge in [-0.2, -0.15) is 5.10 Å². The van der Waals surface area contributed by atoms with Crippen LogP contribution in [0.4, 0.5) is 0 Å². The van der Waals surface area contributed by atoms with Gasteiger partial charge in [0.25, 0.3) is 0 Å². The maximum absolute atomic E-state index is 12.3. The molecule has 0 N–H and O–H groups in total. The first kappa shape index (κ1) is 16.1. The van der Waals surface area contributed by atoms with Gasteiger partial charge in [-0.25, -0.2) is 9.67 Å². The monoisotopic (exact) mass is 338 g/mol. The highest BCUT2D eigenvalue weighted by Gasteiger charge is 2.15. The summed E-state index contributed by atoms with van der Waals surface area (Å²) < 4.78 is 1.70. The van der Waals surface area contributed by atoms with Crippen molar-refractivity contribution in [2.75, 3.05) is 7.05 Å². The molecule has 5 nitrogen and oxygen atoms in total. The van der Waals surface area contributed by atoms with E-state index in [9.17, 15) is 4.79 Å². The van der Waals surface area contributed by atoms with Crippen molar-refractivity contribution in [1.29, 1.82) is 0 Å². The van der Waals surface area contributed by atoms with Gasteiger partial charge >= 0.3 is 0 Å². The van der Waals surface area contributed by atoms with Gasteiger partial charge in [-0.3, -0.25) is 4.79 Å². The van der Waals surface area contributed by atoms with Gasteiger partial charge in [0.1, 0.15) is 12.7 Å². The highest BCUT2D eigenvalue weighted by Crippen LogP contribution is 2.21. The van der Waals surface area contributed by atoms with Crippen molar-refractivity contribution in [1.82, 2.24) is 19.7 Å². The van der Waals surface area contributed by atoms with Crippen LogP contribution in [0, 0.1) is 0 Å². The standard InChI is InChI=1S/C18H18N4OS/c1-14(21(2)18(23)10-9-17-4-3-11-24-17)15-5-7-16(8-6-15)22-13-19-12-20-22/h3-14H,1-2H3/b10-9+/t14-/m0/s1. The molecule has 0 unspecified atom stereocenters. The average Bonchev–Trinajstić information content (AvgIpc) is 3.32. The zero-order valence-corrected chi connectivity index (χ0v) is 14.4. The molecule has 2 aromatic heterocycles. The first-order chi connectivity index (χ1) is 11.6. The summed E-state index contributed by atoms with van der Waals surface area (Å²) in [6, 6.07) is 11.9. The molecule has 122 valence electrons. The topological polar surface area (TPSA) is 51.0 Å². The van der Waals surface area contributed by atoms with Crippen molar-refractivity contribution in [2.45, 2.75) is 13.0 Å². The van der Waals surface area contributed by atoms with Crippen molar-refractivity contribution in [2.24, 2.45) is 0 Å². The molecule has 1 amide bonds. The predicted octanol–water partition coefficient (Wildman–Crippen LogP) is 3.56. The molecule has 24 heavy (non-hydrogen) atoms. The fourth-order valence-corrected chi connectivity index (χ4v) is 2.94. The van der Waals surface area contributed by atoms with Crippen LogP contribution in [-0.4, -0.2) is 32.6 Å². The molecule has 0 aliphatic heterocycles. The minimum atomic E-state index is -0.0183. The third-order valence-corrected chi connectivity index (χ3v) is 4.76. The Bertz CT molecular complexity index is 807. The highest BCUT2D eigenvalue weighted by molar-refractivity contribution is 7.10. The zero-order valence-electron chi connectivity index (χ0n) is 13.5. The van der Waals surface area contributed by atoms with E-state index in [1.165, 1.54) is 6.33 Å². The van der Waals surface area contributed by atoms with Crippen molar-refractivity contribution >= 4 is 23.3 Å². The van der Waals surface area contributed by atoms with E-state index in [-0.39, 0.29) is 11.9 Å². The number of carbonyl (C=O) groups excluding carboxylic acids is 1. The first-order valence-corrected chi connectivity index (χ1v) is 8.46. The van der Waals surface area contributed by atoms with Crippen LogP contribution in [0.3, 0.4) is 0 Å². The Labute approximate surface area is 144 Å². The van der Waals surface area contributed by atoms with Crippen LogP contribution < -0.4 is 0 Å². The number of rotatable bonds is 5. The molecule has 0 saturated carbocycles. The lowest BCUT2D eigenvalue weighted by atomic mass is 10.1. The SMILES string of the molecule is C[C@@H](c1ccc(-n2cncn2)cc1)N(C)C(=O)/C=C/c1cccs1. The maximum Gasteiger partial charge on any atom is 0.246 e. The molecule has 3 rings (SSSR count). The highest BCUT2D eigenvalue weighted by atomic mass is 32.1. The summed E-state index contributed by atoms with van der Waals surface area (Å²) in [4.78, 5) is 19.1. The van der Waals surface area contributed by atoms with Crippen LogP contribution in [0.25, 0.3) is 11.8 Å². The van der Waals surface area contributed by atoms with Crippen molar-refractivity contribution < 1.29 is 4.79 Å². The lowest BCUT2D eigenvalue weighted by Gasteiger charge is -2.24. The van der Waals surface area contributed by atoms with Gasteiger partial charge < -0.3 is 4.90 Å². The van der Waals surface area contributed by atoms with E-state index in [4.69, 9.17) is 0 Å². The second-order valence-corrected chi connectivity index (χ2v) is 6.38. The Morgan fingerprint density at radius 1 is 1.29 bits per heavy atom. The van der Waals surface area contributed by atoms with Crippen LogP contribution in [-0.2, 0) is 4.79 Å². The number of hydrogen-bond acceptors (Lipinski definition) is 4. The number of benzene rings is 1. The van der Waals surface area contributed by atoms with Gasteiger partial charge in [-0.15, -0.1) is 11.3 Å². The summed E-state index contributed by atoms with van der Waals surface area (Å²) in [6.07, 6.45) is 6.63. The van der Waals surface area contributed by atoms with Gasteiger partial charge in [-0.05, 0) is 42.1 Å². The summed E-state index contributed by atoms with van der Waals surface area (Å²) in [5, 5.41) is 6.10. The number of thiophene rings is 1. The normalized spacial score (nSPS) is 12.4. The molecule has 0 aliphatic carbocycles. The number of nitrogens with zero attached hydrogens (tertiary/aromatic N) is 4. The van der Waals surface area contributed by atoms with Crippen LogP contribution in [0.2, 0.25) is 0 Å². The molecular formula is C18H18N4OS. The third-order valence-electron chi connectivity index (χ3n) is 3.92. The van der Waals surface area contributed by atoms with Crippen LogP contribution >= 0.6 is 11.3 Å². The van der Waals surface area contributed by atoms with Gasteiger partial charge in [0.2, 0.25) is 5.91 Å². The lowest BCUT2D eigenvalue weighted by Crippen LogP contribution is -2.27. The third kappa shape index (κ3) is 3.60. The first-order valence-electron chi connectivity index (χ1n) is 7.58. The Morgan fingerprint density at radius 3 is 2.71 bits per heavy atom. The molecule has 6 heteroatoms. The molecule has 0 fully saturated rings. The van der Waals surface area contributed by atoms with Crippen molar-refractivity contribution in [3.8, 4) is 5.69 Å². The smallest absolute Gasteiger partial charge is 0.246 e. The lowest BCUT2D eigenvalue weighted by molar-refractivity contribution is -0.126. The largest absolute Gasteiger partial charge is 0.335 e. The van der Waals surface area contributed by atoms with Crippen molar-refractivity contribution in [3.63, 3.8) is 0 Å². The number of amides is 1. The summed E-state index contributed by atoms with van der Waals surface area (Å²) in [5.41, 5.74) is 2.01. The Hall–Kier alpha value is -2.73. The summed E-state index contributed by atoms with van der Waals surface area (Å²) >= 11 is 1.61. The summed E-state index contributed by atoms with van der Waals surface area (Å²) in [5.74, 6) is -0.0174. The molecular weight excluding hydrogens is 320 g/mol. The van der Waals surface area contributed by atoms with E-state index in [2.05, 4.69) is 10.1 Å². The molecule has 1 atom stereocenters. The molecule has 1 aromatic carbocycles. The van der Waals surface area contributed by atoms with Crippen molar-refractivity contribution in [3.05, 3.63) is 70.9 Å². The van der Waals surface area contributed by atoms with Crippen LogP contribution in [0.1, 0.15) is 23.4 Å². The molecule has 3 aromatic rings. The quantitative estimate of drug-likeness (QED) is 0.668. The minimum Gasteiger partial charge on any atom is -0.335 e. The van der Waals surface area contributed by atoms with Gasteiger partial charge in [0.15, 0.2) is 0 Å². The second-order valence-electron chi connectivity index (χ2n) is 5.41. The fourth-order valence-electron chi connectivity index (χ4n) is 2.32. The molecule has 2 heterocycles. The van der Waals surface area contributed by atoms with Gasteiger partial charge in [0.05, 0.1) is 11.7 Å². The van der Waals surface area contributed by atoms with E-state index < -0.39 is 0 Å². The summed E-state index contributed by atoms with van der Waals surface area (Å²) in [6.45, 7) is 2.02. The van der Waals surface area contributed by atoms with E-state index in [1.807, 2.05) is 61.8 Å². The number of hydrogen-bond donors (Lipinski definition) is 0. The Morgan fingerprint density at radius 2 is 2.08 bits per heavy atom. The summed E-state index contributed by atoms with van der Waals surface area (Å²) in [7, 11) is 1.82. The fraction of sp³-hybridized carbons (Fsp3) is 0.167. The molecule has 0 saturated heterocycles. The zero-order chi connectivity index (χ0) is 16.9. The number of aromatic nitrogens is 3. The van der Waals surface area contributed by atoms with Gasteiger partial charge in [-0.1, -0.05) is 18.2 Å². The van der Waals surface area contributed by atoms with E-state index in [0.29, 0.717) is 0 Å². The van der Waals surface area contributed by atoms with Crippen LogP contribution in [0.15, 0.2) is 60.5 Å². The molecule has 0 aliphatic rings. The molecule has 0 spiro atoms. The maximum atomic E-state index is 12.3. The second kappa shape index (κ2) is 7.23. The number of carbonyl (C=O) groups is 1. The molecule has 0 bridgehead atoms. The Balaban J connectivity index is 1.68. The van der Waals surface area contributed by atoms with E-state index in [0.717, 1.165) is 16.1 Å². The molecule has 0 radical (unpaired) electrons. The van der Waals surface area contributed by atoms with Gasteiger partial charge in [0, 0.05) is 18.0 Å². The van der Waals surface area contributed by atoms with E-state index in [1.54, 1.807) is 33.3 Å². The predicted molar refractivity (Wildman–Crippen MR) is 95.9 cm³/mol. The minimum absolute atomic E-state index is 0.0174. The average molecular weight is 338 g/mol.